The van der Waals surface area contributed by atoms with Gasteiger partial charge < -0.3 is 19.6 Å². The molecule has 138 valence electrons. The maximum Gasteiger partial charge on any atom is 0.317 e. The van der Waals surface area contributed by atoms with E-state index >= 15 is 0 Å². The maximum atomic E-state index is 12.5. The predicted octanol–water partition coefficient (Wildman–Crippen LogP) is 1.44. The van der Waals surface area contributed by atoms with E-state index in [1.807, 2.05) is 17.9 Å². The zero-order chi connectivity index (χ0) is 17.2. The largest absolute Gasteiger partial charge is 0.360 e. The number of amides is 2. The van der Waals surface area contributed by atoms with Gasteiger partial charge in [0, 0.05) is 57.4 Å². The van der Waals surface area contributed by atoms with Crippen LogP contribution < -0.4 is 5.32 Å². The third-order valence-electron chi connectivity index (χ3n) is 5.64. The zero-order valence-corrected chi connectivity index (χ0v) is 15.1. The molecule has 7 nitrogen and oxygen atoms in total. The number of piperidine rings is 1. The number of nitrogens with zero attached hydrogens (tertiary/aromatic N) is 4. The van der Waals surface area contributed by atoms with E-state index < -0.39 is 0 Å². The van der Waals surface area contributed by atoms with Gasteiger partial charge in [0.25, 0.3) is 0 Å². The van der Waals surface area contributed by atoms with Gasteiger partial charge in [0.15, 0.2) is 5.76 Å². The van der Waals surface area contributed by atoms with Gasteiger partial charge in [0.1, 0.15) is 0 Å². The summed E-state index contributed by atoms with van der Waals surface area (Å²) in [7, 11) is 0. The van der Waals surface area contributed by atoms with Crippen LogP contribution >= 0.6 is 0 Å². The molecule has 0 unspecified atom stereocenters. The highest BCUT2D eigenvalue weighted by atomic mass is 16.5. The van der Waals surface area contributed by atoms with Crippen molar-refractivity contribution in [1.29, 1.82) is 0 Å². The molecule has 2 aliphatic heterocycles. The Morgan fingerprint density at radius 2 is 1.88 bits per heavy atom. The summed E-state index contributed by atoms with van der Waals surface area (Å²) in [5.41, 5.74) is 0.917. The van der Waals surface area contributed by atoms with Crippen molar-refractivity contribution in [1.82, 2.24) is 25.2 Å². The molecule has 1 aromatic rings. The van der Waals surface area contributed by atoms with Crippen molar-refractivity contribution in [2.75, 3.05) is 39.3 Å². The molecule has 2 amide bonds. The van der Waals surface area contributed by atoms with Crippen molar-refractivity contribution < 1.29 is 9.32 Å². The molecule has 0 aromatic carbocycles. The van der Waals surface area contributed by atoms with Gasteiger partial charge in [-0.3, -0.25) is 4.90 Å². The molecule has 1 aliphatic carbocycles. The summed E-state index contributed by atoms with van der Waals surface area (Å²) in [6, 6.07) is 3.28. The number of piperazine rings is 1. The monoisotopic (exact) mass is 347 g/mol. The lowest BCUT2D eigenvalue weighted by atomic mass is 10.1. The minimum Gasteiger partial charge on any atom is -0.360 e. The van der Waals surface area contributed by atoms with Crippen LogP contribution in [0.3, 0.4) is 0 Å². The van der Waals surface area contributed by atoms with E-state index in [2.05, 4.69) is 20.3 Å². The molecule has 0 radical (unpaired) electrons. The number of aromatic nitrogens is 1. The van der Waals surface area contributed by atoms with Gasteiger partial charge in [-0.05, 0) is 32.6 Å². The quantitative estimate of drug-likeness (QED) is 0.893. The molecule has 0 spiro atoms. The lowest BCUT2D eigenvalue weighted by Gasteiger charge is -2.37. The highest BCUT2D eigenvalue weighted by molar-refractivity contribution is 5.74. The van der Waals surface area contributed by atoms with Gasteiger partial charge in [-0.25, -0.2) is 4.79 Å². The lowest BCUT2D eigenvalue weighted by Crippen LogP contribution is -2.54. The highest BCUT2D eigenvalue weighted by Crippen LogP contribution is 2.29. The van der Waals surface area contributed by atoms with Crippen molar-refractivity contribution in [2.45, 2.75) is 51.2 Å². The van der Waals surface area contributed by atoms with Crippen molar-refractivity contribution in [3.63, 3.8) is 0 Å². The van der Waals surface area contributed by atoms with E-state index in [0.29, 0.717) is 6.04 Å². The van der Waals surface area contributed by atoms with Gasteiger partial charge in [-0.2, -0.15) is 0 Å². The van der Waals surface area contributed by atoms with E-state index in [0.717, 1.165) is 76.2 Å². The Balaban J connectivity index is 1.18. The van der Waals surface area contributed by atoms with Crippen molar-refractivity contribution in [3.05, 3.63) is 17.5 Å². The normalized spacial score (nSPS) is 23.8. The van der Waals surface area contributed by atoms with Crippen molar-refractivity contribution in [2.24, 2.45) is 0 Å². The van der Waals surface area contributed by atoms with Crippen LogP contribution in [0.4, 0.5) is 4.79 Å². The third kappa shape index (κ3) is 4.33. The Hall–Kier alpha value is -1.60. The average molecular weight is 347 g/mol. The fourth-order valence-electron chi connectivity index (χ4n) is 3.93. The first-order chi connectivity index (χ1) is 12.2. The third-order valence-corrected chi connectivity index (χ3v) is 5.64. The van der Waals surface area contributed by atoms with Crippen molar-refractivity contribution in [3.8, 4) is 0 Å². The van der Waals surface area contributed by atoms with Crippen molar-refractivity contribution >= 4 is 6.03 Å². The second kappa shape index (κ2) is 7.33. The second-order valence-corrected chi connectivity index (χ2v) is 7.69. The Morgan fingerprint density at radius 3 is 2.48 bits per heavy atom. The molecule has 3 fully saturated rings. The summed E-state index contributed by atoms with van der Waals surface area (Å²) in [6.45, 7) is 8.31. The molecule has 2 saturated heterocycles. The van der Waals surface area contributed by atoms with E-state index in [9.17, 15) is 4.79 Å². The average Bonchev–Trinajstić information content (AvgIpc) is 3.39. The van der Waals surface area contributed by atoms with Crippen LogP contribution in [0, 0.1) is 6.92 Å². The number of urea groups is 1. The van der Waals surface area contributed by atoms with Gasteiger partial charge in [-0.1, -0.05) is 5.16 Å². The predicted molar refractivity (Wildman–Crippen MR) is 94.2 cm³/mol. The van der Waals surface area contributed by atoms with E-state index in [1.54, 1.807) is 0 Å². The minimum atomic E-state index is 0.111. The number of rotatable bonds is 4. The smallest absolute Gasteiger partial charge is 0.317 e. The summed E-state index contributed by atoms with van der Waals surface area (Å²) < 4.78 is 5.28. The highest BCUT2D eigenvalue weighted by Gasteiger charge is 2.32. The molecule has 0 atom stereocenters. The van der Waals surface area contributed by atoms with Gasteiger partial charge in [0.2, 0.25) is 0 Å². The van der Waals surface area contributed by atoms with Crippen LogP contribution in [0.1, 0.15) is 37.1 Å². The summed E-state index contributed by atoms with van der Waals surface area (Å²) in [5.74, 6) is 0.901. The Kier molecular flexibility index (Phi) is 4.94. The van der Waals surface area contributed by atoms with Crippen LogP contribution in [0.5, 0.6) is 0 Å². The first kappa shape index (κ1) is 16.8. The molecule has 1 aromatic heterocycles. The number of aryl methyl sites for hydroxylation is 1. The summed E-state index contributed by atoms with van der Waals surface area (Å²) >= 11 is 0. The van der Waals surface area contributed by atoms with E-state index in [1.165, 1.54) is 12.8 Å². The summed E-state index contributed by atoms with van der Waals surface area (Å²) in [5, 5.41) is 7.18. The number of carbonyl (C=O) groups excluding carboxylic acids is 1. The number of hydrogen-bond acceptors (Lipinski definition) is 5. The number of carbonyl (C=O) groups is 1. The standard InChI is InChI=1S/C18H29N5O2/c1-14-12-17(25-20-14)13-21-8-10-23(11-9-21)18(24)19-15-4-6-22(7-5-15)16-2-3-16/h12,15-16H,2-11,13H2,1H3,(H,19,24). The molecule has 3 heterocycles. The Labute approximate surface area is 149 Å². The molecule has 0 bridgehead atoms. The van der Waals surface area contributed by atoms with Crippen LogP contribution in [0.15, 0.2) is 10.6 Å². The fourth-order valence-corrected chi connectivity index (χ4v) is 3.93. The Bertz CT molecular complexity index is 584. The number of hydrogen-bond donors (Lipinski definition) is 1. The molecule has 4 rings (SSSR count). The van der Waals surface area contributed by atoms with Crippen LogP contribution in [0.25, 0.3) is 0 Å². The number of nitrogens with one attached hydrogen (secondary N) is 1. The second-order valence-electron chi connectivity index (χ2n) is 7.69. The molecule has 25 heavy (non-hydrogen) atoms. The molecule has 1 saturated carbocycles. The SMILES string of the molecule is Cc1cc(CN2CCN(C(=O)NC3CCN(C4CC4)CC3)CC2)on1. The fraction of sp³-hybridized carbons (Fsp3) is 0.778. The first-order valence-corrected chi connectivity index (χ1v) is 9.61. The van der Waals surface area contributed by atoms with Gasteiger partial charge >= 0.3 is 6.03 Å². The van der Waals surface area contributed by atoms with Crippen LogP contribution in [-0.2, 0) is 6.54 Å². The summed E-state index contributed by atoms with van der Waals surface area (Å²) in [6.07, 6.45) is 4.92. The number of likely N-dealkylation sites (tertiary alicyclic amines) is 1. The molecule has 1 N–H and O–H groups in total. The van der Waals surface area contributed by atoms with Gasteiger partial charge in [-0.15, -0.1) is 0 Å². The topological polar surface area (TPSA) is 64.8 Å². The van der Waals surface area contributed by atoms with Gasteiger partial charge in [0.05, 0.1) is 12.2 Å². The minimum absolute atomic E-state index is 0.111. The molecular formula is C18H29N5O2. The summed E-state index contributed by atoms with van der Waals surface area (Å²) in [4.78, 5) is 19.4. The first-order valence-electron chi connectivity index (χ1n) is 9.61. The van der Waals surface area contributed by atoms with Crippen LogP contribution in [-0.4, -0.2) is 77.2 Å². The lowest BCUT2D eigenvalue weighted by molar-refractivity contribution is 0.121. The molecule has 3 aliphatic rings. The molecular weight excluding hydrogens is 318 g/mol. The van der Waals surface area contributed by atoms with E-state index in [4.69, 9.17) is 4.52 Å². The Morgan fingerprint density at radius 1 is 1.16 bits per heavy atom. The van der Waals surface area contributed by atoms with Crippen LogP contribution in [0.2, 0.25) is 0 Å². The maximum absolute atomic E-state index is 12.5. The molecule has 7 heteroatoms. The van der Waals surface area contributed by atoms with E-state index in [-0.39, 0.29) is 6.03 Å². The zero-order valence-electron chi connectivity index (χ0n) is 15.1.